The molecule has 0 saturated carbocycles. The zero-order valence-electron chi connectivity index (χ0n) is 30.8. The molecule has 3 heteroatoms. The van der Waals surface area contributed by atoms with Crippen molar-refractivity contribution in [2.45, 2.75) is 0 Å². The van der Waals surface area contributed by atoms with E-state index >= 15 is 0 Å². The molecule has 264 valence electrons. The molecule has 13 rings (SSSR count). The van der Waals surface area contributed by atoms with E-state index in [1.807, 2.05) is 11.3 Å². The van der Waals surface area contributed by atoms with Gasteiger partial charge in [-0.15, -0.1) is 11.3 Å². The van der Waals surface area contributed by atoms with Gasteiger partial charge in [0.2, 0.25) is 0 Å². The predicted octanol–water partition coefficient (Wildman–Crippen LogP) is 15.4. The smallest absolute Gasteiger partial charge is 0.0547 e. The normalized spacial score (nSPS) is 12.2. The van der Waals surface area contributed by atoms with E-state index in [9.17, 15) is 0 Å². The minimum atomic E-state index is 1.17. The summed E-state index contributed by atoms with van der Waals surface area (Å²) in [4.78, 5) is 0. The maximum atomic E-state index is 2.46. The fraction of sp³-hybridized carbons (Fsp3) is 0. The Morgan fingerprint density at radius 1 is 0.246 bits per heavy atom. The highest BCUT2D eigenvalue weighted by molar-refractivity contribution is 7.25. The molecule has 3 heterocycles. The number of thiophene rings is 1. The largest absolute Gasteiger partial charge is 0.309 e. The average molecular weight is 741 g/mol. The van der Waals surface area contributed by atoms with Crippen LogP contribution in [0.1, 0.15) is 0 Å². The van der Waals surface area contributed by atoms with Crippen molar-refractivity contribution in [1.82, 2.24) is 9.13 Å². The van der Waals surface area contributed by atoms with Crippen LogP contribution in [0.15, 0.2) is 194 Å². The van der Waals surface area contributed by atoms with Crippen LogP contribution in [0.4, 0.5) is 0 Å². The van der Waals surface area contributed by atoms with Gasteiger partial charge in [-0.3, -0.25) is 0 Å². The minimum absolute atomic E-state index is 1.17. The standard InChI is InChI=1S/C54H32N2S/c1-2-13-39-37(11-1)38-12-3-4-14-40(38)46-31-35(23-26-41(39)46)56-49-18-8-5-15-42(49)44-25-21-34(30-52(44)56)33-22-27-51-47(29-33)43-16-6-9-19-50(43)55(51)36-24-28-54-48(32-36)45-17-7-10-20-53(45)57-54/h1-32H. The second kappa shape index (κ2) is 11.7. The molecule has 0 aliphatic carbocycles. The molecule has 0 unspecified atom stereocenters. The first-order valence-corrected chi connectivity index (χ1v) is 20.4. The van der Waals surface area contributed by atoms with Crippen LogP contribution in [0.5, 0.6) is 0 Å². The molecule has 0 bridgehead atoms. The Bertz CT molecular complexity index is 3780. The lowest BCUT2D eigenvalue weighted by atomic mass is 9.94. The Kier molecular flexibility index (Phi) is 6.35. The van der Waals surface area contributed by atoms with Gasteiger partial charge < -0.3 is 9.13 Å². The van der Waals surface area contributed by atoms with E-state index in [1.165, 1.54) is 119 Å². The highest BCUT2D eigenvalue weighted by Crippen LogP contribution is 2.42. The number of benzene rings is 10. The molecule has 0 atom stereocenters. The quantitative estimate of drug-likeness (QED) is 0.160. The molecule has 0 amide bonds. The predicted molar refractivity (Wildman–Crippen MR) is 246 cm³/mol. The Hall–Kier alpha value is -7.20. The number of para-hydroxylation sites is 2. The van der Waals surface area contributed by atoms with Crippen molar-refractivity contribution in [3.63, 3.8) is 0 Å². The summed E-state index contributed by atoms with van der Waals surface area (Å²) in [5.74, 6) is 0. The first-order valence-electron chi connectivity index (χ1n) is 19.6. The van der Waals surface area contributed by atoms with Crippen molar-refractivity contribution >= 4 is 107 Å². The Morgan fingerprint density at radius 3 is 1.40 bits per heavy atom. The molecule has 0 fully saturated rings. The molecule has 0 spiro atoms. The second-order valence-electron chi connectivity index (χ2n) is 15.3. The van der Waals surface area contributed by atoms with Crippen LogP contribution >= 0.6 is 11.3 Å². The molecule has 0 aliphatic heterocycles. The van der Waals surface area contributed by atoms with Crippen molar-refractivity contribution in [3.8, 4) is 22.5 Å². The third-order valence-electron chi connectivity index (χ3n) is 12.3. The number of hydrogen-bond acceptors (Lipinski definition) is 1. The molecule has 0 aliphatic rings. The minimum Gasteiger partial charge on any atom is -0.309 e. The highest BCUT2D eigenvalue weighted by Gasteiger charge is 2.18. The molecule has 2 nitrogen and oxygen atoms in total. The summed E-state index contributed by atoms with van der Waals surface area (Å²) in [6.45, 7) is 0. The lowest BCUT2D eigenvalue weighted by Gasteiger charge is -2.14. The van der Waals surface area contributed by atoms with Gasteiger partial charge >= 0.3 is 0 Å². The third-order valence-corrected chi connectivity index (χ3v) is 13.4. The number of hydrogen-bond donors (Lipinski definition) is 0. The summed E-state index contributed by atoms with van der Waals surface area (Å²) in [6.07, 6.45) is 0. The van der Waals surface area contributed by atoms with Crippen LogP contribution < -0.4 is 0 Å². The zero-order valence-corrected chi connectivity index (χ0v) is 31.6. The summed E-state index contributed by atoms with van der Waals surface area (Å²) in [6, 6.07) is 72.1. The van der Waals surface area contributed by atoms with Crippen LogP contribution in [0.2, 0.25) is 0 Å². The summed E-state index contributed by atoms with van der Waals surface area (Å²) >= 11 is 1.87. The maximum Gasteiger partial charge on any atom is 0.0547 e. The number of rotatable bonds is 3. The number of fused-ring (bicyclic) bond motifs is 15. The molecule has 10 aromatic carbocycles. The van der Waals surface area contributed by atoms with E-state index < -0.39 is 0 Å². The van der Waals surface area contributed by atoms with E-state index in [0.717, 1.165) is 0 Å². The molecular weight excluding hydrogens is 709 g/mol. The van der Waals surface area contributed by atoms with Gasteiger partial charge in [-0.25, -0.2) is 0 Å². The van der Waals surface area contributed by atoms with Gasteiger partial charge in [0.1, 0.15) is 0 Å². The van der Waals surface area contributed by atoms with E-state index in [4.69, 9.17) is 0 Å². The van der Waals surface area contributed by atoms with Crippen molar-refractivity contribution < 1.29 is 0 Å². The third kappa shape index (κ3) is 4.40. The van der Waals surface area contributed by atoms with E-state index in [0.29, 0.717) is 0 Å². The monoisotopic (exact) mass is 740 g/mol. The lowest BCUT2D eigenvalue weighted by molar-refractivity contribution is 1.19. The van der Waals surface area contributed by atoms with Crippen molar-refractivity contribution in [2.24, 2.45) is 0 Å². The molecule has 0 radical (unpaired) electrons. The first kappa shape index (κ1) is 31.1. The number of aromatic nitrogens is 2. The van der Waals surface area contributed by atoms with Gasteiger partial charge in [-0.05, 0) is 110 Å². The summed E-state index contributed by atoms with van der Waals surface area (Å²) in [5, 5.41) is 15.4. The Labute approximate surface area is 331 Å². The molecule has 0 saturated heterocycles. The van der Waals surface area contributed by atoms with Gasteiger partial charge in [-0.2, -0.15) is 0 Å². The van der Waals surface area contributed by atoms with Crippen LogP contribution in [-0.4, -0.2) is 9.13 Å². The van der Waals surface area contributed by atoms with Crippen LogP contribution in [0.3, 0.4) is 0 Å². The van der Waals surface area contributed by atoms with Gasteiger partial charge in [-0.1, -0.05) is 127 Å². The fourth-order valence-corrected chi connectivity index (χ4v) is 10.8. The second-order valence-corrected chi connectivity index (χ2v) is 16.4. The topological polar surface area (TPSA) is 9.86 Å². The van der Waals surface area contributed by atoms with E-state index in [-0.39, 0.29) is 0 Å². The average Bonchev–Trinajstić information content (AvgIpc) is 3.93. The molecule has 13 aromatic rings. The zero-order chi connectivity index (χ0) is 37.2. The van der Waals surface area contributed by atoms with Crippen molar-refractivity contribution in [2.75, 3.05) is 0 Å². The number of nitrogens with zero attached hydrogens (tertiary/aromatic N) is 2. The maximum absolute atomic E-state index is 2.46. The van der Waals surface area contributed by atoms with Crippen LogP contribution in [0, 0.1) is 0 Å². The van der Waals surface area contributed by atoms with Gasteiger partial charge in [0, 0.05) is 53.1 Å². The van der Waals surface area contributed by atoms with Gasteiger partial charge in [0.15, 0.2) is 0 Å². The Balaban J connectivity index is 1.01. The van der Waals surface area contributed by atoms with E-state index in [1.54, 1.807) is 0 Å². The fourth-order valence-electron chi connectivity index (χ4n) is 9.75. The van der Waals surface area contributed by atoms with E-state index in [2.05, 4.69) is 203 Å². The highest BCUT2D eigenvalue weighted by atomic mass is 32.1. The van der Waals surface area contributed by atoms with Crippen LogP contribution in [0.25, 0.3) is 119 Å². The lowest BCUT2D eigenvalue weighted by Crippen LogP contribution is -1.95. The Morgan fingerprint density at radius 2 is 0.684 bits per heavy atom. The SMILES string of the molecule is c1ccc2c(c1)sc1ccc(-n3c4ccccc4c4cc(-c5ccc6c7ccccc7n(-c7ccc8c9ccccc9c9ccccc9c8c7)c6c5)ccc43)cc12. The molecule has 0 N–H and O–H groups in total. The van der Waals surface area contributed by atoms with Crippen molar-refractivity contribution in [1.29, 1.82) is 0 Å². The van der Waals surface area contributed by atoms with Gasteiger partial charge in [0.25, 0.3) is 0 Å². The van der Waals surface area contributed by atoms with Crippen LogP contribution in [-0.2, 0) is 0 Å². The molecular formula is C54H32N2S. The summed E-state index contributed by atoms with van der Waals surface area (Å²) in [5.41, 5.74) is 9.61. The van der Waals surface area contributed by atoms with Gasteiger partial charge in [0.05, 0.1) is 22.1 Å². The molecule has 3 aromatic heterocycles. The summed E-state index contributed by atoms with van der Waals surface area (Å²) < 4.78 is 7.55. The molecule has 57 heavy (non-hydrogen) atoms. The first-order chi connectivity index (χ1) is 28.3. The summed E-state index contributed by atoms with van der Waals surface area (Å²) in [7, 11) is 0. The van der Waals surface area contributed by atoms with Crippen molar-refractivity contribution in [3.05, 3.63) is 194 Å².